The lowest BCUT2D eigenvalue weighted by atomic mass is 10.1. The summed E-state index contributed by atoms with van der Waals surface area (Å²) >= 11 is 0. The Morgan fingerprint density at radius 3 is 2.85 bits per heavy atom. The number of methoxy groups -OCH3 is 1. The molecule has 0 spiro atoms. The first-order valence-electron chi connectivity index (χ1n) is 7.71. The molecule has 2 heterocycles. The normalized spacial score (nSPS) is 15.8. The second-order valence-electron chi connectivity index (χ2n) is 5.59. The molecule has 1 aromatic carbocycles. The van der Waals surface area contributed by atoms with Gasteiger partial charge in [-0.1, -0.05) is 12.1 Å². The molecule has 1 aliphatic rings. The molecule has 0 saturated carbocycles. The van der Waals surface area contributed by atoms with E-state index in [2.05, 4.69) is 4.98 Å². The summed E-state index contributed by atoms with van der Waals surface area (Å²) in [6.07, 6.45) is -0.830. The third-order valence-corrected chi connectivity index (χ3v) is 3.88. The summed E-state index contributed by atoms with van der Waals surface area (Å²) in [5, 5.41) is 11.0. The number of aromatic nitrogens is 1. The van der Waals surface area contributed by atoms with Gasteiger partial charge in [-0.25, -0.2) is 0 Å². The third kappa shape index (κ3) is 3.18. The van der Waals surface area contributed by atoms with E-state index >= 15 is 0 Å². The molecule has 26 heavy (non-hydrogen) atoms. The van der Waals surface area contributed by atoms with Crippen molar-refractivity contribution in [2.45, 2.75) is 13.0 Å². The van der Waals surface area contributed by atoms with Gasteiger partial charge in [-0.05, 0) is 35.0 Å². The fourth-order valence-corrected chi connectivity index (χ4v) is 2.56. The van der Waals surface area contributed by atoms with Crippen LogP contribution in [0.2, 0.25) is 0 Å². The van der Waals surface area contributed by atoms with E-state index in [4.69, 9.17) is 9.47 Å². The summed E-state index contributed by atoms with van der Waals surface area (Å²) in [6.45, 7) is 1.22. The van der Waals surface area contributed by atoms with Crippen LogP contribution in [0.4, 0.5) is 11.6 Å². The Morgan fingerprint density at radius 1 is 1.38 bits per heavy atom. The number of amides is 1. The molecule has 3 rings (SSSR count). The van der Waals surface area contributed by atoms with Crippen LogP contribution in [0, 0.1) is 10.1 Å². The minimum atomic E-state index is -0.830. The van der Waals surface area contributed by atoms with Crippen LogP contribution in [0.1, 0.15) is 17.3 Å². The zero-order valence-corrected chi connectivity index (χ0v) is 14.0. The van der Waals surface area contributed by atoms with Crippen molar-refractivity contribution in [1.82, 2.24) is 4.98 Å². The molecule has 9 nitrogen and oxygen atoms in total. The van der Waals surface area contributed by atoms with E-state index in [-0.39, 0.29) is 23.9 Å². The number of nitro groups is 1. The predicted molar refractivity (Wildman–Crippen MR) is 90.7 cm³/mol. The number of carbonyl (C=O) groups is 2. The zero-order chi connectivity index (χ0) is 18.8. The van der Waals surface area contributed by atoms with Gasteiger partial charge >= 0.3 is 5.82 Å². The van der Waals surface area contributed by atoms with Crippen molar-refractivity contribution in [2.75, 3.05) is 18.6 Å². The molecule has 1 atom stereocenters. The number of pyridine rings is 1. The average molecular weight is 357 g/mol. The van der Waals surface area contributed by atoms with Crippen molar-refractivity contribution in [3.8, 4) is 11.5 Å². The zero-order valence-electron chi connectivity index (χ0n) is 14.0. The number of nitrogens with zero attached hydrogens (tertiary/aromatic N) is 3. The number of benzene rings is 1. The Hall–Kier alpha value is -3.49. The van der Waals surface area contributed by atoms with E-state index < -0.39 is 22.8 Å². The van der Waals surface area contributed by atoms with E-state index in [9.17, 15) is 19.7 Å². The Morgan fingerprint density at radius 2 is 2.15 bits per heavy atom. The minimum absolute atomic E-state index is 0.0430. The van der Waals surface area contributed by atoms with Crippen LogP contribution in [0.15, 0.2) is 36.4 Å². The molecule has 2 aromatic rings. The molecule has 0 N–H and O–H groups in total. The van der Waals surface area contributed by atoms with Crippen LogP contribution in [-0.2, 0) is 4.79 Å². The molecule has 0 radical (unpaired) electrons. The van der Waals surface area contributed by atoms with Crippen LogP contribution < -0.4 is 14.4 Å². The number of hydrogen-bond acceptors (Lipinski definition) is 7. The molecule has 1 aromatic heterocycles. The maximum absolute atomic E-state index is 12.6. The maximum Gasteiger partial charge on any atom is 0.366 e. The van der Waals surface area contributed by atoms with Crippen molar-refractivity contribution in [2.24, 2.45) is 0 Å². The Kier molecular flexibility index (Phi) is 4.53. The smallest absolute Gasteiger partial charge is 0.366 e. The molecular formula is C17H15N3O6. The summed E-state index contributed by atoms with van der Waals surface area (Å²) in [5.74, 6) is -0.618. The third-order valence-electron chi connectivity index (χ3n) is 3.88. The SMILES string of the molecule is COc1cccc(C(=O)CN2C(=O)C(C)Oc3ccc([N+](=O)[O-])nc32)c1. The lowest BCUT2D eigenvalue weighted by Gasteiger charge is -2.28. The highest BCUT2D eigenvalue weighted by Gasteiger charge is 2.37. The lowest BCUT2D eigenvalue weighted by molar-refractivity contribution is -0.389. The minimum Gasteiger partial charge on any atom is -0.497 e. The number of anilines is 1. The molecule has 0 fully saturated rings. The largest absolute Gasteiger partial charge is 0.497 e. The number of fused-ring (bicyclic) bond motifs is 1. The lowest BCUT2D eigenvalue weighted by Crippen LogP contribution is -2.47. The van der Waals surface area contributed by atoms with Gasteiger partial charge in [0.1, 0.15) is 5.75 Å². The molecule has 9 heteroatoms. The molecular weight excluding hydrogens is 342 g/mol. The van der Waals surface area contributed by atoms with Gasteiger partial charge in [0, 0.05) is 11.6 Å². The van der Waals surface area contributed by atoms with Crippen LogP contribution in [0.3, 0.4) is 0 Å². The number of ether oxygens (including phenoxy) is 2. The van der Waals surface area contributed by atoms with Crippen LogP contribution in [0.5, 0.6) is 11.5 Å². The van der Waals surface area contributed by atoms with Crippen molar-refractivity contribution in [3.05, 3.63) is 52.1 Å². The molecule has 134 valence electrons. The highest BCUT2D eigenvalue weighted by molar-refractivity contribution is 6.07. The summed E-state index contributed by atoms with van der Waals surface area (Å²) < 4.78 is 10.5. The Labute approximate surface area is 148 Å². The van der Waals surface area contributed by atoms with E-state index in [1.807, 2.05) is 0 Å². The first kappa shape index (κ1) is 17.3. The van der Waals surface area contributed by atoms with E-state index in [1.54, 1.807) is 24.3 Å². The Balaban J connectivity index is 1.95. The van der Waals surface area contributed by atoms with Crippen molar-refractivity contribution in [3.63, 3.8) is 0 Å². The summed E-state index contributed by atoms with van der Waals surface area (Å²) in [6, 6.07) is 9.06. The van der Waals surface area contributed by atoms with Crippen molar-refractivity contribution >= 4 is 23.3 Å². The molecule has 0 bridgehead atoms. The van der Waals surface area contributed by atoms with Gasteiger partial charge in [0.05, 0.1) is 13.7 Å². The summed E-state index contributed by atoms with van der Waals surface area (Å²) in [7, 11) is 1.48. The fourth-order valence-electron chi connectivity index (χ4n) is 2.56. The van der Waals surface area contributed by atoms with Gasteiger partial charge in [-0.15, -0.1) is 0 Å². The van der Waals surface area contributed by atoms with Gasteiger partial charge in [-0.2, -0.15) is 0 Å². The second kappa shape index (κ2) is 6.79. The van der Waals surface area contributed by atoms with E-state index in [1.165, 1.54) is 26.2 Å². The highest BCUT2D eigenvalue weighted by atomic mass is 16.6. The fraction of sp³-hybridized carbons (Fsp3) is 0.235. The number of hydrogen-bond donors (Lipinski definition) is 0. The first-order valence-corrected chi connectivity index (χ1v) is 7.71. The van der Waals surface area contributed by atoms with Crippen LogP contribution in [0.25, 0.3) is 0 Å². The average Bonchev–Trinajstić information content (AvgIpc) is 2.64. The standard InChI is InChI=1S/C17H15N3O6/c1-10-17(22)19(9-13(21)11-4-3-5-12(8-11)25-2)16-14(26-10)6-7-15(18-16)20(23)24/h3-8,10H,9H2,1-2H3. The molecule has 1 unspecified atom stereocenters. The number of rotatable bonds is 5. The van der Waals surface area contributed by atoms with E-state index in [0.717, 1.165) is 4.90 Å². The Bertz CT molecular complexity index is 898. The van der Waals surface area contributed by atoms with Gasteiger partial charge in [-0.3, -0.25) is 14.5 Å². The molecule has 1 aliphatic heterocycles. The van der Waals surface area contributed by atoms with Crippen LogP contribution in [-0.4, -0.2) is 41.4 Å². The van der Waals surface area contributed by atoms with Crippen LogP contribution >= 0.6 is 0 Å². The second-order valence-corrected chi connectivity index (χ2v) is 5.59. The number of carbonyl (C=O) groups excluding carboxylic acids is 2. The predicted octanol–water partition coefficient (Wildman–Crippen LogP) is 2.00. The monoisotopic (exact) mass is 357 g/mol. The van der Waals surface area contributed by atoms with Gasteiger partial charge in [0.15, 0.2) is 17.6 Å². The quantitative estimate of drug-likeness (QED) is 0.457. The number of Topliss-reactive ketones (excluding diaryl/α,β-unsaturated/α-hetero) is 1. The van der Waals surface area contributed by atoms with Crippen molar-refractivity contribution < 1.29 is 24.0 Å². The van der Waals surface area contributed by atoms with Crippen molar-refractivity contribution in [1.29, 1.82) is 0 Å². The first-order chi connectivity index (χ1) is 12.4. The highest BCUT2D eigenvalue weighted by Crippen LogP contribution is 2.34. The van der Waals surface area contributed by atoms with Gasteiger partial charge < -0.3 is 19.6 Å². The molecule has 0 saturated heterocycles. The topological polar surface area (TPSA) is 112 Å². The maximum atomic E-state index is 12.6. The summed E-state index contributed by atoms with van der Waals surface area (Å²) in [5.41, 5.74) is 0.350. The molecule has 0 aliphatic carbocycles. The number of ketones is 1. The van der Waals surface area contributed by atoms with E-state index in [0.29, 0.717) is 11.3 Å². The summed E-state index contributed by atoms with van der Waals surface area (Å²) in [4.78, 5) is 40.4. The molecule has 1 amide bonds. The van der Waals surface area contributed by atoms with Gasteiger partial charge in [0.2, 0.25) is 0 Å². The van der Waals surface area contributed by atoms with Gasteiger partial charge in [0.25, 0.3) is 11.7 Å².